The van der Waals surface area contributed by atoms with E-state index in [2.05, 4.69) is 4.84 Å². The Bertz CT molecular complexity index is 227. The quantitative estimate of drug-likeness (QED) is 0.415. The molecule has 1 aromatic rings. The SMILES string of the molecule is O=CC(=O)On1cccc1. The number of rotatable bonds is 2. The van der Waals surface area contributed by atoms with Gasteiger partial charge >= 0.3 is 5.97 Å². The van der Waals surface area contributed by atoms with Gasteiger partial charge in [0.25, 0.3) is 0 Å². The van der Waals surface area contributed by atoms with Crippen LogP contribution < -0.4 is 4.84 Å². The average Bonchev–Trinajstić information content (AvgIpc) is 2.40. The second-order valence-electron chi connectivity index (χ2n) is 1.57. The average molecular weight is 139 g/mol. The molecule has 0 spiro atoms. The van der Waals surface area contributed by atoms with Gasteiger partial charge in [-0.2, -0.15) is 4.73 Å². The van der Waals surface area contributed by atoms with Crippen LogP contribution >= 0.6 is 0 Å². The van der Waals surface area contributed by atoms with Crippen LogP contribution in [0.1, 0.15) is 0 Å². The minimum Gasteiger partial charge on any atom is -0.329 e. The van der Waals surface area contributed by atoms with Gasteiger partial charge in [-0.15, -0.1) is 0 Å². The van der Waals surface area contributed by atoms with Gasteiger partial charge in [0, 0.05) is 12.4 Å². The van der Waals surface area contributed by atoms with E-state index in [-0.39, 0.29) is 6.29 Å². The van der Waals surface area contributed by atoms with E-state index in [1.54, 1.807) is 12.1 Å². The molecule has 4 nitrogen and oxygen atoms in total. The molecule has 0 saturated heterocycles. The zero-order valence-electron chi connectivity index (χ0n) is 5.06. The van der Waals surface area contributed by atoms with Gasteiger partial charge in [-0.05, 0) is 12.1 Å². The minimum absolute atomic E-state index is 0.111. The van der Waals surface area contributed by atoms with Gasteiger partial charge < -0.3 is 4.84 Å². The largest absolute Gasteiger partial charge is 0.395 e. The van der Waals surface area contributed by atoms with Crippen LogP contribution in [0.5, 0.6) is 0 Å². The highest BCUT2D eigenvalue weighted by Gasteiger charge is 1.97. The van der Waals surface area contributed by atoms with Crippen LogP contribution in [0.25, 0.3) is 0 Å². The summed E-state index contributed by atoms with van der Waals surface area (Å²) in [7, 11) is 0. The van der Waals surface area contributed by atoms with Crippen molar-refractivity contribution < 1.29 is 14.4 Å². The van der Waals surface area contributed by atoms with Gasteiger partial charge in [0.1, 0.15) is 0 Å². The summed E-state index contributed by atoms with van der Waals surface area (Å²) in [6.07, 6.45) is 3.14. The Balaban J connectivity index is 2.56. The van der Waals surface area contributed by atoms with Crippen molar-refractivity contribution in [2.24, 2.45) is 0 Å². The standard InChI is InChI=1S/C6H5NO3/c8-5-6(9)10-7-3-1-2-4-7/h1-5H. The van der Waals surface area contributed by atoms with Gasteiger partial charge in [0.15, 0.2) is 0 Å². The molecule has 0 unspecified atom stereocenters. The lowest BCUT2D eigenvalue weighted by Crippen LogP contribution is -2.18. The fourth-order valence-electron chi connectivity index (χ4n) is 0.505. The number of aldehydes is 1. The Kier molecular flexibility index (Phi) is 1.84. The van der Waals surface area contributed by atoms with E-state index in [9.17, 15) is 9.59 Å². The Morgan fingerprint density at radius 2 is 2.00 bits per heavy atom. The summed E-state index contributed by atoms with van der Waals surface area (Å²) in [5.41, 5.74) is 0. The molecule has 0 aliphatic heterocycles. The van der Waals surface area contributed by atoms with Crippen molar-refractivity contribution in [3.8, 4) is 0 Å². The Hall–Kier alpha value is -1.58. The van der Waals surface area contributed by atoms with E-state index in [0.717, 1.165) is 4.73 Å². The molecular weight excluding hydrogens is 134 g/mol. The topological polar surface area (TPSA) is 48.3 Å². The lowest BCUT2D eigenvalue weighted by Gasteiger charge is -1.96. The van der Waals surface area contributed by atoms with Gasteiger partial charge in [-0.25, -0.2) is 4.79 Å². The van der Waals surface area contributed by atoms with Crippen LogP contribution in [0, 0.1) is 0 Å². The maximum Gasteiger partial charge on any atom is 0.395 e. The van der Waals surface area contributed by atoms with Crippen LogP contribution in [0.4, 0.5) is 0 Å². The molecule has 0 aromatic carbocycles. The third kappa shape index (κ3) is 1.45. The Morgan fingerprint density at radius 3 is 2.50 bits per heavy atom. The fourth-order valence-corrected chi connectivity index (χ4v) is 0.505. The van der Waals surface area contributed by atoms with Crippen molar-refractivity contribution in [3.63, 3.8) is 0 Å². The Labute approximate surface area is 57.0 Å². The summed E-state index contributed by atoms with van der Waals surface area (Å²) in [5.74, 6) is -0.906. The van der Waals surface area contributed by atoms with Crippen molar-refractivity contribution in [2.45, 2.75) is 0 Å². The van der Waals surface area contributed by atoms with E-state index in [1.165, 1.54) is 12.4 Å². The first-order chi connectivity index (χ1) is 4.83. The molecule has 0 aliphatic carbocycles. The number of aromatic nitrogens is 1. The van der Waals surface area contributed by atoms with Crippen LogP contribution in [0.15, 0.2) is 24.5 Å². The summed E-state index contributed by atoms with van der Waals surface area (Å²) in [6, 6.07) is 3.36. The fraction of sp³-hybridized carbons (Fsp3) is 0. The number of nitrogens with zero attached hydrogens (tertiary/aromatic N) is 1. The van der Waals surface area contributed by atoms with E-state index >= 15 is 0 Å². The zero-order chi connectivity index (χ0) is 7.40. The first-order valence-corrected chi connectivity index (χ1v) is 2.63. The highest BCUT2D eigenvalue weighted by atomic mass is 16.7. The normalized spacial score (nSPS) is 8.80. The van der Waals surface area contributed by atoms with E-state index in [0.29, 0.717) is 0 Å². The predicted octanol–water partition coefficient (Wildman–Crippen LogP) is -0.358. The first-order valence-electron chi connectivity index (χ1n) is 2.63. The zero-order valence-corrected chi connectivity index (χ0v) is 5.06. The molecule has 0 N–H and O–H groups in total. The van der Waals surface area contributed by atoms with Gasteiger partial charge in [0.05, 0.1) is 0 Å². The van der Waals surface area contributed by atoms with Crippen molar-refractivity contribution in [3.05, 3.63) is 24.5 Å². The lowest BCUT2D eigenvalue weighted by molar-refractivity contribution is -0.149. The summed E-state index contributed by atoms with van der Waals surface area (Å²) >= 11 is 0. The Morgan fingerprint density at radius 1 is 1.40 bits per heavy atom. The smallest absolute Gasteiger partial charge is 0.329 e. The van der Waals surface area contributed by atoms with Gasteiger partial charge in [0.2, 0.25) is 6.29 Å². The summed E-state index contributed by atoms with van der Waals surface area (Å²) in [6.45, 7) is 0. The first kappa shape index (κ1) is 6.54. The molecule has 0 bridgehead atoms. The minimum atomic E-state index is -0.906. The molecule has 0 radical (unpaired) electrons. The van der Waals surface area contributed by atoms with Gasteiger partial charge in [-0.1, -0.05) is 0 Å². The predicted molar refractivity (Wildman–Crippen MR) is 32.1 cm³/mol. The second-order valence-corrected chi connectivity index (χ2v) is 1.57. The molecule has 1 heterocycles. The molecule has 4 heteroatoms. The molecule has 52 valence electrons. The van der Waals surface area contributed by atoms with Crippen molar-refractivity contribution in [1.29, 1.82) is 0 Å². The molecule has 0 atom stereocenters. The molecular formula is C6H5NO3. The van der Waals surface area contributed by atoms with Gasteiger partial charge in [-0.3, -0.25) is 4.79 Å². The monoisotopic (exact) mass is 139 g/mol. The maximum atomic E-state index is 10.3. The molecule has 0 fully saturated rings. The maximum absolute atomic E-state index is 10.3. The van der Waals surface area contributed by atoms with E-state index in [4.69, 9.17) is 0 Å². The molecule has 0 amide bonds. The van der Waals surface area contributed by atoms with E-state index in [1.807, 2.05) is 0 Å². The summed E-state index contributed by atoms with van der Waals surface area (Å²) in [4.78, 5) is 24.4. The van der Waals surface area contributed by atoms with Crippen LogP contribution in [-0.4, -0.2) is 17.0 Å². The number of hydrogen-bond acceptors (Lipinski definition) is 3. The highest BCUT2D eigenvalue weighted by molar-refractivity contribution is 6.20. The number of carbonyl (C=O) groups excluding carboxylic acids is 2. The van der Waals surface area contributed by atoms with Crippen LogP contribution in [0.2, 0.25) is 0 Å². The second kappa shape index (κ2) is 2.82. The van der Waals surface area contributed by atoms with Crippen LogP contribution in [-0.2, 0) is 9.59 Å². The molecule has 10 heavy (non-hydrogen) atoms. The lowest BCUT2D eigenvalue weighted by atomic mass is 10.7. The third-order valence-corrected chi connectivity index (χ3v) is 0.869. The third-order valence-electron chi connectivity index (χ3n) is 0.869. The number of carbonyl (C=O) groups is 2. The summed E-state index contributed by atoms with van der Waals surface area (Å²) < 4.78 is 1.15. The molecule has 0 saturated carbocycles. The van der Waals surface area contributed by atoms with E-state index < -0.39 is 5.97 Å². The molecule has 1 aromatic heterocycles. The van der Waals surface area contributed by atoms with Crippen molar-refractivity contribution in [2.75, 3.05) is 0 Å². The van der Waals surface area contributed by atoms with Crippen molar-refractivity contribution >= 4 is 12.3 Å². The van der Waals surface area contributed by atoms with Crippen LogP contribution in [0.3, 0.4) is 0 Å². The van der Waals surface area contributed by atoms with Crippen molar-refractivity contribution in [1.82, 2.24) is 4.73 Å². The summed E-state index contributed by atoms with van der Waals surface area (Å²) in [5, 5.41) is 0. The molecule has 0 aliphatic rings. The number of hydrogen-bond donors (Lipinski definition) is 0. The highest BCUT2D eigenvalue weighted by Crippen LogP contribution is 1.84. The molecule has 1 rings (SSSR count).